The smallest absolute Gasteiger partial charge is 0.256 e. The number of aromatic amines is 1. The largest absolute Gasteiger partial charge is 0.455 e. The Morgan fingerprint density at radius 3 is 2.12 bits per heavy atom. The van der Waals surface area contributed by atoms with Crippen molar-refractivity contribution in [3.05, 3.63) is 94.8 Å². The number of ether oxygens (including phenoxy) is 1. The normalized spacial score (nSPS) is 10.8. The number of pyridine rings is 1. The maximum Gasteiger partial charge on any atom is 0.256 e. The summed E-state index contributed by atoms with van der Waals surface area (Å²) in [5.74, 6) is 1.39. The van der Waals surface area contributed by atoms with E-state index in [1.54, 1.807) is 0 Å². The molecule has 0 radical (unpaired) electrons. The molecule has 0 saturated heterocycles. The molecule has 4 aromatic rings. The fourth-order valence-electron chi connectivity index (χ4n) is 2.89. The number of fused-ring (bicyclic) bond motifs is 1. The standard InChI is InChI=1S/C22H17NO2/c1-15-11-13-17(14-12-15)25-21-18-9-5-6-10-19(18)22(24)23-20(21)16-7-3-2-4-8-16/h2-14H,1H3,(H,23,24). The summed E-state index contributed by atoms with van der Waals surface area (Å²) in [7, 11) is 0. The summed E-state index contributed by atoms with van der Waals surface area (Å²) in [5.41, 5.74) is 2.64. The molecule has 1 heterocycles. The first kappa shape index (κ1) is 15.2. The van der Waals surface area contributed by atoms with Crippen molar-refractivity contribution in [1.82, 2.24) is 4.98 Å². The van der Waals surface area contributed by atoms with Crippen molar-refractivity contribution in [3.63, 3.8) is 0 Å². The highest BCUT2D eigenvalue weighted by atomic mass is 16.5. The highest BCUT2D eigenvalue weighted by molar-refractivity contribution is 5.93. The number of aromatic nitrogens is 1. The van der Waals surface area contributed by atoms with Gasteiger partial charge in [-0.05, 0) is 25.1 Å². The second-order valence-electron chi connectivity index (χ2n) is 5.98. The molecule has 0 fully saturated rings. The average molecular weight is 327 g/mol. The SMILES string of the molecule is Cc1ccc(Oc2c(-c3ccccc3)[nH]c(=O)c3ccccc23)cc1. The lowest BCUT2D eigenvalue weighted by Gasteiger charge is -2.14. The van der Waals surface area contributed by atoms with Crippen LogP contribution in [0, 0.1) is 6.92 Å². The third kappa shape index (κ3) is 2.92. The summed E-state index contributed by atoms with van der Waals surface area (Å²) < 4.78 is 6.22. The summed E-state index contributed by atoms with van der Waals surface area (Å²) in [4.78, 5) is 15.5. The van der Waals surface area contributed by atoms with Crippen molar-refractivity contribution in [2.45, 2.75) is 6.92 Å². The van der Waals surface area contributed by atoms with Crippen LogP contribution < -0.4 is 10.3 Å². The summed E-state index contributed by atoms with van der Waals surface area (Å²) in [5, 5.41) is 1.41. The lowest BCUT2D eigenvalue weighted by Crippen LogP contribution is -2.09. The van der Waals surface area contributed by atoms with Gasteiger partial charge in [-0.15, -0.1) is 0 Å². The lowest BCUT2D eigenvalue weighted by molar-refractivity contribution is 0.488. The average Bonchev–Trinajstić information content (AvgIpc) is 2.66. The van der Waals surface area contributed by atoms with Crippen molar-refractivity contribution in [2.24, 2.45) is 0 Å². The first-order valence-electron chi connectivity index (χ1n) is 8.17. The van der Waals surface area contributed by atoms with E-state index in [0.29, 0.717) is 16.8 Å². The molecule has 0 bridgehead atoms. The monoisotopic (exact) mass is 327 g/mol. The fraction of sp³-hybridized carbons (Fsp3) is 0.0455. The predicted molar refractivity (Wildman–Crippen MR) is 101 cm³/mol. The van der Waals surface area contributed by atoms with Gasteiger partial charge in [-0.2, -0.15) is 0 Å². The molecule has 0 spiro atoms. The number of hydrogen-bond donors (Lipinski definition) is 1. The summed E-state index contributed by atoms with van der Waals surface area (Å²) in [6.07, 6.45) is 0. The van der Waals surface area contributed by atoms with Gasteiger partial charge < -0.3 is 9.72 Å². The topological polar surface area (TPSA) is 42.1 Å². The second kappa shape index (κ2) is 6.29. The zero-order chi connectivity index (χ0) is 17.2. The minimum atomic E-state index is -0.120. The van der Waals surface area contributed by atoms with Gasteiger partial charge >= 0.3 is 0 Å². The maximum atomic E-state index is 12.5. The van der Waals surface area contributed by atoms with Crippen molar-refractivity contribution < 1.29 is 4.74 Å². The molecule has 0 aliphatic heterocycles. The number of benzene rings is 3. The molecule has 3 nitrogen and oxygen atoms in total. The Bertz CT molecular complexity index is 1080. The summed E-state index contributed by atoms with van der Waals surface area (Å²) in [6.45, 7) is 2.04. The fourth-order valence-corrected chi connectivity index (χ4v) is 2.89. The van der Waals surface area contributed by atoms with Gasteiger partial charge in [0, 0.05) is 10.9 Å². The molecule has 0 saturated carbocycles. The van der Waals surface area contributed by atoms with Gasteiger partial charge in [0.25, 0.3) is 5.56 Å². The second-order valence-corrected chi connectivity index (χ2v) is 5.98. The van der Waals surface area contributed by atoms with Crippen molar-refractivity contribution in [1.29, 1.82) is 0 Å². The van der Waals surface area contributed by atoms with Gasteiger partial charge in [0.05, 0.1) is 11.1 Å². The van der Waals surface area contributed by atoms with Crippen LogP contribution in [0.3, 0.4) is 0 Å². The Labute approximate surface area is 145 Å². The third-order valence-electron chi connectivity index (χ3n) is 4.19. The first-order chi connectivity index (χ1) is 12.2. The minimum Gasteiger partial charge on any atom is -0.455 e. The van der Waals surface area contributed by atoms with E-state index >= 15 is 0 Å². The molecule has 1 aromatic heterocycles. The van der Waals surface area contributed by atoms with Crippen LogP contribution in [0.15, 0.2) is 83.7 Å². The molecular weight excluding hydrogens is 310 g/mol. The predicted octanol–water partition coefficient (Wildman–Crippen LogP) is 5.30. The molecule has 3 aromatic carbocycles. The van der Waals surface area contributed by atoms with Crippen LogP contribution in [0.5, 0.6) is 11.5 Å². The number of H-pyrrole nitrogens is 1. The number of rotatable bonds is 3. The molecule has 0 amide bonds. The van der Waals surface area contributed by atoms with Gasteiger partial charge in [-0.1, -0.05) is 66.2 Å². The van der Waals surface area contributed by atoms with E-state index in [2.05, 4.69) is 4.98 Å². The van der Waals surface area contributed by atoms with Crippen LogP contribution in [0.2, 0.25) is 0 Å². The van der Waals surface area contributed by atoms with E-state index in [1.165, 1.54) is 5.56 Å². The number of hydrogen-bond acceptors (Lipinski definition) is 2. The molecule has 0 unspecified atom stereocenters. The molecule has 0 aliphatic rings. The van der Waals surface area contributed by atoms with Crippen LogP contribution in [-0.2, 0) is 0 Å². The Kier molecular flexibility index (Phi) is 3.82. The Morgan fingerprint density at radius 2 is 1.40 bits per heavy atom. The zero-order valence-electron chi connectivity index (χ0n) is 13.8. The molecule has 25 heavy (non-hydrogen) atoms. The summed E-state index contributed by atoms with van der Waals surface area (Å²) in [6, 6.07) is 25.1. The minimum absolute atomic E-state index is 0.120. The molecule has 122 valence electrons. The van der Waals surface area contributed by atoms with Gasteiger partial charge in [-0.25, -0.2) is 0 Å². The molecule has 4 rings (SSSR count). The van der Waals surface area contributed by atoms with Crippen LogP contribution in [0.1, 0.15) is 5.56 Å². The third-order valence-corrected chi connectivity index (χ3v) is 4.19. The first-order valence-corrected chi connectivity index (χ1v) is 8.17. The maximum absolute atomic E-state index is 12.5. The molecular formula is C22H17NO2. The number of nitrogens with one attached hydrogen (secondary N) is 1. The summed E-state index contributed by atoms with van der Waals surface area (Å²) >= 11 is 0. The number of aryl methyl sites for hydroxylation is 1. The Morgan fingerprint density at radius 1 is 0.760 bits per heavy atom. The quantitative estimate of drug-likeness (QED) is 0.555. The highest BCUT2D eigenvalue weighted by Crippen LogP contribution is 2.36. The molecule has 0 aliphatic carbocycles. The van der Waals surface area contributed by atoms with E-state index < -0.39 is 0 Å². The van der Waals surface area contributed by atoms with E-state index in [0.717, 1.165) is 16.7 Å². The van der Waals surface area contributed by atoms with E-state index in [1.807, 2.05) is 85.8 Å². The van der Waals surface area contributed by atoms with Crippen LogP contribution in [-0.4, -0.2) is 4.98 Å². The van der Waals surface area contributed by atoms with Gasteiger partial charge in [0.2, 0.25) is 0 Å². The van der Waals surface area contributed by atoms with Crippen LogP contribution in [0.25, 0.3) is 22.0 Å². The van der Waals surface area contributed by atoms with E-state index in [4.69, 9.17) is 4.74 Å². The van der Waals surface area contributed by atoms with E-state index in [9.17, 15) is 4.79 Å². The van der Waals surface area contributed by atoms with E-state index in [-0.39, 0.29) is 5.56 Å². The Hall–Kier alpha value is -3.33. The van der Waals surface area contributed by atoms with Crippen molar-refractivity contribution >= 4 is 10.8 Å². The van der Waals surface area contributed by atoms with Crippen LogP contribution in [0.4, 0.5) is 0 Å². The van der Waals surface area contributed by atoms with Gasteiger partial charge in [0.15, 0.2) is 5.75 Å². The Balaban J connectivity index is 1.97. The molecule has 3 heteroatoms. The van der Waals surface area contributed by atoms with Crippen molar-refractivity contribution in [3.8, 4) is 22.8 Å². The zero-order valence-corrected chi connectivity index (χ0v) is 13.8. The van der Waals surface area contributed by atoms with Gasteiger partial charge in [0.1, 0.15) is 5.75 Å². The van der Waals surface area contributed by atoms with Gasteiger partial charge in [-0.3, -0.25) is 4.79 Å². The highest BCUT2D eigenvalue weighted by Gasteiger charge is 2.15. The molecule has 0 atom stereocenters. The lowest BCUT2D eigenvalue weighted by atomic mass is 10.1. The van der Waals surface area contributed by atoms with Crippen molar-refractivity contribution in [2.75, 3.05) is 0 Å². The molecule has 1 N–H and O–H groups in total. The van der Waals surface area contributed by atoms with Crippen LogP contribution >= 0.6 is 0 Å².